The molecule has 30 heavy (non-hydrogen) atoms. The largest absolute Gasteiger partial charge is 0.450 e. The van der Waals surface area contributed by atoms with Crippen molar-refractivity contribution in [2.75, 3.05) is 23.8 Å². The average Bonchev–Trinajstić information content (AvgIpc) is 2.71. The number of amides is 2. The number of ether oxygens (including phenoxy) is 2. The van der Waals surface area contributed by atoms with Crippen LogP contribution in [0.1, 0.15) is 49.7 Å². The summed E-state index contributed by atoms with van der Waals surface area (Å²) in [5, 5.41) is 5.86. The molecule has 5 aliphatic carbocycles. The second-order valence-corrected chi connectivity index (χ2v) is 8.31. The topological polar surface area (TPSA) is 76.7 Å². The number of carbonyl (C=O) groups excluding carboxylic acids is 2. The van der Waals surface area contributed by atoms with E-state index in [1.54, 1.807) is 13.8 Å². The van der Waals surface area contributed by atoms with Gasteiger partial charge in [-0.3, -0.25) is 10.6 Å². The van der Waals surface area contributed by atoms with Crippen molar-refractivity contribution in [3.05, 3.63) is 59.7 Å². The van der Waals surface area contributed by atoms with Gasteiger partial charge in [0, 0.05) is 34.0 Å². The summed E-state index contributed by atoms with van der Waals surface area (Å²) >= 11 is 0. The fraction of sp³-hybridized carbons (Fsp3) is 0.417. The van der Waals surface area contributed by atoms with Gasteiger partial charge in [-0.15, -0.1) is 0 Å². The lowest BCUT2D eigenvalue weighted by Gasteiger charge is -2.67. The zero-order valence-corrected chi connectivity index (χ0v) is 17.2. The van der Waals surface area contributed by atoms with Gasteiger partial charge in [-0.2, -0.15) is 0 Å². The summed E-state index contributed by atoms with van der Waals surface area (Å²) in [5.74, 6) is 0.238. The Morgan fingerprint density at radius 3 is 1.67 bits per heavy atom. The van der Waals surface area contributed by atoms with Crippen molar-refractivity contribution >= 4 is 23.6 Å². The van der Waals surface area contributed by atoms with Crippen LogP contribution in [0, 0.1) is 10.8 Å². The molecule has 6 nitrogen and oxygen atoms in total. The van der Waals surface area contributed by atoms with Crippen molar-refractivity contribution in [2.45, 2.75) is 38.5 Å². The Hall–Kier alpha value is -3.02. The molecular weight excluding hydrogens is 380 g/mol. The molecule has 5 aliphatic rings. The lowest BCUT2D eigenvalue weighted by molar-refractivity contribution is 0.0369. The smallest absolute Gasteiger partial charge is 0.411 e. The van der Waals surface area contributed by atoms with Gasteiger partial charge in [0.2, 0.25) is 0 Å². The molecular formula is C24H26N2O4. The van der Waals surface area contributed by atoms with E-state index in [0.29, 0.717) is 13.2 Å². The highest BCUT2D eigenvalue weighted by Gasteiger charge is 2.66. The first kappa shape index (κ1) is 19.0. The number of hydrogen-bond donors (Lipinski definition) is 2. The first-order valence-corrected chi connectivity index (χ1v) is 10.6. The van der Waals surface area contributed by atoms with Crippen molar-refractivity contribution in [3.63, 3.8) is 0 Å². The highest BCUT2D eigenvalue weighted by Crippen LogP contribution is 2.76. The highest BCUT2D eigenvalue weighted by atomic mass is 16.6. The van der Waals surface area contributed by atoms with Crippen LogP contribution in [0.15, 0.2) is 48.6 Å². The summed E-state index contributed by atoms with van der Waals surface area (Å²) in [7, 11) is 0. The summed E-state index contributed by atoms with van der Waals surface area (Å²) in [4.78, 5) is 24.5. The summed E-state index contributed by atoms with van der Waals surface area (Å²) in [6.07, 6.45) is 14.8. The van der Waals surface area contributed by atoms with Crippen LogP contribution in [0.4, 0.5) is 21.0 Å². The molecule has 0 heterocycles. The lowest BCUT2D eigenvalue weighted by Crippen LogP contribution is -2.58. The third kappa shape index (κ3) is 2.36. The number of benzene rings is 1. The molecule has 4 atom stereocenters. The Labute approximate surface area is 176 Å². The average molecular weight is 406 g/mol. The van der Waals surface area contributed by atoms with E-state index in [1.807, 2.05) is 12.1 Å². The van der Waals surface area contributed by atoms with Gasteiger partial charge in [0.25, 0.3) is 0 Å². The molecule has 0 unspecified atom stereocenters. The third-order valence-electron chi connectivity index (χ3n) is 7.16. The summed E-state index contributed by atoms with van der Waals surface area (Å²) in [6.45, 7) is 4.19. The number of nitrogens with one attached hydrogen (secondary N) is 2. The molecule has 0 saturated heterocycles. The van der Waals surface area contributed by atoms with E-state index in [9.17, 15) is 9.59 Å². The number of allylic oxidation sites excluding steroid dienone is 6. The Balaban J connectivity index is 1.65. The number of rotatable bonds is 4. The Bertz CT molecular complexity index is 934. The molecule has 1 aromatic rings. The number of anilines is 2. The molecule has 2 amide bonds. The molecule has 0 radical (unpaired) electrons. The lowest BCUT2D eigenvalue weighted by atomic mass is 9.36. The normalized spacial score (nSPS) is 31.1. The number of carbonyl (C=O) groups is 2. The van der Waals surface area contributed by atoms with Crippen molar-refractivity contribution in [1.29, 1.82) is 0 Å². The van der Waals surface area contributed by atoms with E-state index >= 15 is 0 Å². The molecule has 0 aliphatic heterocycles. The molecule has 0 spiro atoms. The maximum absolute atomic E-state index is 12.2. The van der Waals surface area contributed by atoms with Crippen LogP contribution in [0.3, 0.4) is 0 Å². The molecule has 6 rings (SSSR count). The fourth-order valence-electron chi connectivity index (χ4n) is 5.98. The quantitative estimate of drug-likeness (QED) is 0.651. The minimum Gasteiger partial charge on any atom is -0.450 e. The molecule has 2 bridgehead atoms. The third-order valence-corrected chi connectivity index (χ3v) is 7.16. The van der Waals surface area contributed by atoms with Gasteiger partial charge in [-0.05, 0) is 49.9 Å². The SMILES string of the molecule is CCOC(=O)Nc1ccc(NC(=O)OCC)c2c1[C@H]1C=C[C@H]2[C@]23C=C[C@]12CC=CC3. The summed E-state index contributed by atoms with van der Waals surface area (Å²) in [6, 6.07) is 3.70. The fourth-order valence-corrected chi connectivity index (χ4v) is 5.98. The zero-order chi connectivity index (χ0) is 20.9. The van der Waals surface area contributed by atoms with Gasteiger partial charge in [-0.1, -0.05) is 36.5 Å². The Kier molecular flexibility index (Phi) is 4.27. The van der Waals surface area contributed by atoms with E-state index in [2.05, 4.69) is 47.1 Å². The van der Waals surface area contributed by atoms with Gasteiger partial charge >= 0.3 is 12.2 Å². The molecule has 0 saturated carbocycles. The molecule has 6 heteroatoms. The van der Waals surface area contributed by atoms with Gasteiger partial charge < -0.3 is 9.47 Å². The molecule has 0 fully saturated rings. The Morgan fingerprint density at radius 2 is 1.30 bits per heavy atom. The van der Waals surface area contributed by atoms with E-state index in [4.69, 9.17) is 9.47 Å². The zero-order valence-electron chi connectivity index (χ0n) is 17.2. The van der Waals surface area contributed by atoms with E-state index < -0.39 is 12.2 Å². The van der Waals surface area contributed by atoms with Crippen LogP contribution in [0.25, 0.3) is 0 Å². The van der Waals surface area contributed by atoms with Gasteiger partial charge in [0.1, 0.15) is 0 Å². The molecule has 2 N–H and O–H groups in total. The van der Waals surface area contributed by atoms with Crippen LogP contribution in [0.5, 0.6) is 0 Å². The van der Waals surface area contributed by atoms with Gasteiger partial charge in [-0.25, -0.2) is 9.59 Å². The highest BCUT2D eigenvalue weighted by molar-refractivity contribution is 5.92. The van der Waals surface area contributed by atoms with Crippen LogP contribution < -0.4 is 10.6 Å². The maximum atomic E-state index is 12.2. The van der Waals surface area contributed by atoms with Crippen molar-refractivity contribution in [2.24, 2.45) is 10.8 Å². The monoisotopic (exact) mass is 406 g/mol. The molecule has 0 aromatic heterocycles. The number of hydrogen-bond acceptors (Lipinski definition) is 4. The summed E-state index contributed by atoms with van der Waals surface area (Å²) in [5.41, 5.74) is 3.66. The van der Waals surface area contributed by atoms with E-state index in [0.717, 1.165) is 35.3 Å². The summed E-state index contributed by atoms with van der Waals surface area (Å²) < 4.78 is 10.3. The van der Waals surface area contributed by atoms with Crippen molar-refractivity contribution in [1.82, 2.24) is 0 Å². The van der Waals surface area contributed by atoms with E-state index in [-0.39, 0.29) is 22.7 Å². The first-order valence-electron chi connectivity index (χ1n) is 10.6. The standard InChI is InChI=1S/C24H26N2O4/c1-3-29-21(27)25-17-9-10-18(26-22(28)30-4-2)20-16-8-7-15(19(17)20)23-11-5-6-12-24(16,23)14-13-23/h5-10,13-16H,3-4,11-12H2,1-2H3,(H,25,27)(H,26,28)/t15-,16-,23-,24+/m1/s1. The van der Waals surface area contributed by atoms with E-state index in [1.165, 1.54) is 0 Å². The van der Waals surface area contributed by atoms with Crippen LogP contribution >= 0.6 is 0 Å². The predicted molar refractivity (Wildman–Crippen MR) is 115 cm³/mol. The van der Waals surface area contributed by atoms with Crippen LogP contribution in [-0.2, 0) is 9.47 Å². The Morgan fingerprint density at radius 1 is 0.867 bits per heavy atom. The molecule has 1 aromatic carbocycles. The maximum Gasteiger partial charge on any atom is 0.411 e. The van der Waals surface area contributed by atoms with Gasteiger partial charge in [0.15, 0.2) is 0 Å². The van der Waals surface area contributed by atoms with Gasteiger partial charge in [0.05, 0.1) is 13.2 Å². The predicted octanol–water partition coefficient (Wildman–Crippen LogP) is 5.47. The minimum absolute atomic E-state index is 0.0157. The second kappa shape index (κ2) is 6.76. The molecule has 156 valence electrons. The van der Waals surface area contributed by atoms with Crippen molar-refractivity contribution in [3.8, 4) is 0 Å². The van der Waals surface area contributed by atoms with Crippen LogP contribution in [-0.4, -0.2) is 25.4 Å². The first-order chi connectivity index (χ1) is 14.6. The second-order valence-electron chi connectivity index (χ2n) is 8.31. The minimum atomic E-state index is -0.465. The van der Waals surface area contributed by atoms with Crippen molar-refractivity contribution < 1.29 is 19.1 Å². The van der Waals surface area contributed by atoms with Crippen LogP contribution in [0.2, 0.25) is 0 Å².